The molecule has 0 aromatic carbocycles. The summed E-state index contributed by atoms with van der Waals surface area (Å²) in [4.78, 5) is 36.8. The van der Waals surface area contributed by atoms with Crippen molar-refractivity contribution in [3.05, 3.63) is 0 Å². The molecule has 3 heterocycles. The Balaban J connectivity index is 1.92. The van der Waals surface area contributed by atoms with Gasteiger partial charge in [0.2, 0.25) is 11.8 Å². The highest BCUT2D eigenvalue weighted by atomic mass is 16.8. The maximum absolute atomic E-state index is 12.8. The maximum Gasteiger partial charge on any atom is 0.364 e. The van der Waals surface area contributed by atoms with Gasteiger partial charge in [-0.25, -0.2) is 4.79 Å². The first-order valence-electron chi connectivity index (χ1n) is 17.0. The molecular formula is C30H53N3O20. The summed E-state index contributed by atoms with van der Waals surface area (Å²) in [5.41, 5.74) is 5.51. The van der Waals surface area contributed by atoms with Crippen molar-refractivity contribution in [2.24, 2.45) is 5.73 Å². The molecule has 0 aromatic heterocycles. The average Bonchev–Trinajstić information content (AvgIpc) is 3.13. The monoisotopic (exact) mass is 775 g/mol. The number of ether oxygens (including phenoxy) is 6. The number of aliphatic carboxylic acids is 1. The van der Waals surface area contributed by atoms with Gasteiger partial charge in [-0.1, -0.05) is 0 Å². The minimum absolute atomic E-state index is 0.129. The molecule has 15 N–H and O–H groups in total. The number of amides is 2. The molecule has 0 aliphatic carbocycles. The fourth-order valence-corrected chi connectivity index (χ4v) is 6.31. The molecule has 23 heteroatoms. The molecule has 0 spiro atoms. The van der Waals surface area contributed by atoms with Crippen LogP contribution in [0.1, 0.15) is 32.6 Å². The molecule has 3 fully saturated rings. The van der Waals surface area contributed by atoms with Crippen molar-refractivity contribution >= 4 is 17.8 Å². The standard InChI is InChI=1S/C30H53N3O20/c1-12(38)32-19-22(44)24(16(10-36)50-27(19)48-6-4-2-3-5-31)51-28-23(45)26(21(43)15(9-35)49-28)53-30(29(46)47)7-13(39)18(33-17(41)11-37)25(52-30)20(42)14(40)8-34/h13-16,18-28,34-37,39-40,42-45H,2-11,31H2,1H3,(H,32,38)(H,33,41)(H,46,47)/t13-,14-,15?,16?,18-,19?,20-,21+,22-,23?,24-,25?,26+,27-,28+,30+/m1/s1. The van der Waals surface area contributed by atoms with Crippen LogP contribution >= 0.6 is 0 Å². The van der Waals surface area contributed by atoms with Gasteiger partial charge in [0.1, 0.15) is 73.7 Å². The lowest BCUT2D eigenvalue weighted by molar-refractivity contribution is -0.382. The second-order valence-electron chi connectivity index (χ2n) is 13.0. The van der Waals surface area contributed by atoms with Crippen LogP contribution in [-0.2, 0) is 42.8 Å². The molecule has 16 atom stereocenters. The lowest BCUT2D eigenvalue weighted by atomic mass is 9.88. The largest absolute Gasteiger partial charge is 0.477 e. The second kappa shape index (κ2) is 20.6. The number of carboxylic acid groups (broad SMARTS) is 1. The van der Waals surface area contributed by atoms with Crippen molar-refractivity contribution in [1.82, 2.24) is 10.6 Å². The van der Waals surface area contributed by atoms with Gasteiger partial charge in [-0.3, -0.25) is 9.59 Å². The van der Waals surface area contributed by atoms with Gasteiger partial charge in [-0.15, -0.1) is 0 Å². The van der Waals surface area contributed by atoms with E-state index in [1.54, 1.807) is 0 Å². The van der Waals surface area contributed by atoms with Gasteiger partial charge in [-0.05, 0) is 25.8 Å². The van der Waals surface area contributed by atoms with E-state index in [1.807, 2.05) is 0 Å². The Kier molecular flexibility index (Phi) is 17.5. The summed E-state index contributed by atoms with van der Waals surface area (Å²) in [6.07, 6.45) is -23.5. The topological polar surface area (TPSA) is 379 Å². The maximum atomic E-state index is 12.8. The Bertz CT molecular complexity index is 1170. The summed E-state index contributed by atoms with van der Waals surface area (Å²) in [5.74, 6) is -6.81. The Labute approximate surface area is 303 Å². The second-order valence-corrected chi connectivity index (χ2v) is 13.0. The molecule has 53 heavy (non-hydrogen) atoms. The molecule has 3 rings (SSSR count). The number of unbranched alkanes of at least 4 members (excludes halogenated alkanes) is 2. The Morgan fingerprint density at radius 3 is 2.09 bits per heavy atom. The molecule has 0 radical (unpaired) electrons. The minimum Gasteiger partial charge on any atom is -0.477 e. The van der Waals surface area contributed by atoms with Crippen molar-refractivity contribution in [3.8, 4) is 0 Å². The number of carboxylic acids is 1. The Morgan fingerprint density at radius 2 is 1.53 bits per heavy atom. The van der Waals surface area contributed by atoms with Crippen molar-refractivity contribution in [1.29, 1.82) is 0 Å². The predicted molar refractivity (Wildman–Crippen MR) is 170 cm³/mol. The fourth-order valence-electron chi connectivity index (χ4n) is 6.31. The van der Waals surface area contributed by atoms with E-state index in [1.165, 1.54) is 0 Å². The number of nitrogens with one attached hydrogen (secondary N) is 2. The van der Waals surface area contributed by atoms with Crippen LogP contribution in [0.5, 0.6) is 0 Å². The summed E-state index contributed by atoms with van der Waals surface area (Å²) in [6, 6.07) is -3.00. The van der Waals surface area contributed by atoms with Crippen molar-refractivity contribution in [2.75, 3.05) is 39.6 Å². The van der Waals surface area contributed by atoms with E-state index < -0.39 is 148 Å². The number of aliphatic hydroxyl groups excluding tert-OH is 10. The first-order chi connectivity index (χ1) is 25.1. The van der Waals surface area contributed by atoms with Crippen molar-refractivity contribution in [2.45, 2.75) is 130 Å². The highest BCUT2D eigenvalue weighted by Gasteiger charge is 2.60. The van der Waals surface area contributed by atoms with E-state index in [2.05, 4.69) is 10.6 Å². The highest BCUT2D eigenvalue weighted by Crippen LogP contribution is 2.38. The van der Waals surface area contributed by atoms with Gasteiger partial charge in [0.25, 0.3) is 5.79 Å². The molecule has 0 bridgehead atoms. The lowest BCUT2D eigenvalue weighted by Gasteiger charge is -2.51. The molecule has 3 aliphatic rings. The number of rotatable bonds is 19. The molecule has 3 aliphatic heterocycles. The van der Waals surface area contributed by atoms with Crippen molar-refractivity contribution < 1.29 is 99.0 Å². The van der Waals surface area contributed by atoms with Gasteiger partial charge in [0, 0.05) is 20.0 Å². The SMILES string of the molecule is CC(=O)NC1[C@H](OCCCCCN)OC(CO)[C@@H](O[C@@H]2OC(CO)[C@H](O)[C@H](O[C@]3(C(=O)O)C[C@@H](O)[C@@H](NC(=O)CO)C([C@H](O)[C@H](O)CO)O3)C2O)[C@@H]1O. The smallest absolute Gasteiger partial charge is 0.364 e. The van der Waals surface area contributed by atoms with Crippen LogP contribution in [0.3, 0.4) is 0 Å². The van der Waals surface area contributed by atoms with Gasteiger partial charge in [-0.2, -0.15) is 0 Å². The number of hydrogen-bond acceptors (Lipinski definition) is 20. The normalized spacial score (nSPS) is 38.8. The zero-order valence-electron chi connectivity index (χ0n) is 28.9. The fraction of sp³-hybridized carbons (Fsp3) is 0.900. The van der Waals surface area contributed by atoms with Crippen molar-refractivity contribution in [3.63, 3.8) is 0 Å². The molecule has 0 aromatic rings. The molecular weight excluding hydrogens is 722 g/mol. The number of carbonyl (C=O) groups excluding carboxylic acids is 2. The van der Waals surface area contributed by atoms with E-state index in [-0.39, 0.29) is 6.61 Å². The van der Waals surface area contributed by atoms with Crippen LogP contribution in [0.25, 0.3) is 0 Å². The third kappa shape index (κ3) is 10.9. The van der Waals surface area contributed by atoms with E-state index in [0.29, 0.717) is 19.4 Å². The Morgan fingerprint density at radius 1 is 0.868 bits per heavy atom. The van der Waals surface area contributed by atoms with Crippen LogP contribution in [0, 0.1) is 0 Å². The third-order valence-electron chi connectivity index (χ3n) is 9.08. The zero-order chi connectivity index (χ0) is 39.6. The van der Waals surface area contributed by atoms with Crippen LogP contribution in [0.2, 0.25) is 0 Å². The summed E-state index contributed by atoms with van der Waals surface area (Å²) < 4.78 is 34.1. The highest BCUT2D eigenvalue weighted by molar-refractivity contribution is 5.78. The number of nitrogens with two attached hydrogens (primary N) is 1. The zero-order valence-corrected chi connectivity index (χ0v) is 28.9. The van der Waals surface area contributed by atoms with Crippen LogP contribution < -0.4 is 16.4 Å². The summed E-state index contributed by atoms with van der Waals surface area (Å²) in [6.45, 7) is -2.25. The van der Waals surface area contributed by atoms with E-state index in [9.17, 15) is 70.6 Å². The summed E-state index contributed by atoms with van der Waals surface area (Å²) in [7, 11) is 0. The average molecular weight is 776 g/mol. The quantitative estimate of drug-likeness (QED) is 0.0542. The molecule has 308 valence electrons. The lowest BCUT2D eigenvalue weighted by Crippen LogP contribution is -2.71. The van der Waals surface area contributed by atoms with Gasteiger partial charge < -0.3 is 101 Å². The summed E-state index contributed by atoms with van der Waals surface area (Å²) in [5, 5.41) is 119. The van der Waals surface area contributed by atoms with Gasteiger partial charge in [0.05, 0.1) is 32.0 Å². The van der Waals surface area contributed by atoms with E-state index in [0.717, 1.165) is 13.3 Å². The van der Waals surface area contributed by atoms with Gasteiger partial charge in [0.15, 0.2) is 12.6 Å². The molecule has 23 nitrogen and oxygen atoms in total. The van der Waals surface area contributed by atoms with E-state index >= 15 is 0 Å². The molecule has 5 unspecified atom stereocenters. The predicted octanol–water partition coefficient (Wildman–Crippen LogP) is -7.95. The van der Waals surface area contributed by atoms with Crippen LogP contribution in [-0.4, -0.2) is 211 Å². The molecule has 2 amide bonds. The first kappa shape index (κ1) is 45.1. The third-order valence-corrected chi connectivity index (χ3v) is 9.08. The summed E-state index contributed by atoms with van der Waals surface area (Å²) >= 11 is 0. The number of hydrogen-bond donors (Lipinski definition) is 14. The first-order valence-corrected chi connectivity index (χ1v) is 17.0. The molecule has 0 saturated carbocycles. The van der Waals surface area contributed by atoms with Crippen LogP contribution in [0.15, 0.2) is 0 Å². The van der Waals surface area contributed by atoms with Gasteiger partial charge >= 0.3 is 5.97 Å². The molecule has 3 saturated heterocycles. The minimum atomic E-state index is -3.10. The Hall–Kier alpha value is -2.27. The van der Waals surface area contributed by atoms with E-state index in [4.69, 9.17) is 34.2 Å². The number of aliphatic hydroxyl groups is 10. The van der Waals surface area contributed by atoms with Crippen LogP contribution in [0.4, 0.5) is 0 Å². The number of carbonyl (C=O) groups is 3.